The lowest BCUT2D eigenvalue weighted by Crippen LogP contribution is -2.31. The van der Waals surface area contributed by atoms with Gasteiger partial charge in [0.15, 0.2) is 11.5 Å². The van der Waals surface area contributed by atoms with Gasteiger partial charge in [-0.1, -0.05) is 18.2 Å². The Morgan fingerprint density at radius 1 is 0.967 bits per heavy atom. The minimum absolute atomic E-state index is 0.104. The van der Waals surface area contributed by atoms with Gasteiger partial charge in [-0.2, -0.15) is 0 Å². The molecule has 0 N–H and O–H groups in total. The minimum atomic E-state index is -0.130. The standard InChI is InChI=1S/C23H24N2O5/c1-27-19-10-9-17(21(28-2)22(19)29-3)23(26)25-13-11-16(14-25)30-18-8-4-6-15-7-5-12-24-20(15)18/h4-10,12,16H,11,13-14H2,1-3H3. The molecule has 2 aromatic carbocycles. The lowest BCUT2D eigenvalue weighted by molar-refractivity contribution is 0.0768. The maximum Gasteiger partial charge on any atom is 0.257 e. The largest absolute Gasteiger partial charge is 0.493 e. The summed E-state index contributed by atoms with van der Waals surface area (Å²) >= 11 is 0. The van der Waals surface area contributed by atoms with Gasteiger partial charge in [0.25, 0.3) is 5.91 Å². The third-order valence-corrected chi connectivity index (χ3v) is 5.26. The molecule has 7 nitrogen and oxygen atoms in total. The van der Waals surface area contributed by atoms with Gasteiger partial charge in [0.2, 0.25) is 5.75 Å². The number of hydrogen-bond donors (Lipinski definition) is 0. The van der Waals surface area contributed by atoms with E-state index in [2.05, 4.69) is 4.98 Å². The number of nitrogens with zero attached hydrogens (tertiary/aromatic N) is 2. The predicted molar refractivity (Wildman–Crippen MR) is 113 cm³/mol. The van der Waals surface area contributed by atoms with Crippen molar-refractivity contribution in [2.45, 2.75) is 12.5 Å². The average Bonchev–Trinajstić information content (AvgIpc) is 3.26. The molecule has 4 rings (SSSR count). The SMILES string of the molecule is COc1ccc(C(=O)N2CCC(Oc3cccc4cccnc34)C2)c(OC)c1OC. The van der Waals surface area contributed by atoms with Gasteiger partial charge in [-0.3, -0.25) is 9.78 Å². The fourth-order valence-electron chi connectivity index (χ4n) is 3.80. The molecule has 3 aromatic rings. The molecule has 1 aliphatic rings. The highest BCUT2D eigenvalue weighted by Crippen LogP contribution is 2.40. The number of carbonyl (C=O) groups is 1. The summed E-state index contributed by atoms with van der Waals surface area (Å²) in [4.78, 5) is 19.4. The molecule has 30 heavy (non-hydrogen) atoms. The molecule has 1 fully saturated rings. The molecule has 156 valence electrons. The van der Waals surface area contributed by atoms with Crippen molar-refractivity contribution in [1.29, 1.82) is 0 Å². The second kappa shape index (κ2) is 8.49. The van der Waals surface area contributed by atoms with Gasteiger partial charge in [-0.05, 0) is 24.3 Å². The van der Waals surface area contributed by atoms with Gasteiger partial charge in [0, 0.05) is 24.5 Å². The Bertz CT molecular complexity index is 1060. The van der Waals surface area contributed by atoms with E-state index >= 15 is 0 Å². The number of methoxy groups -OCH3 is 3. The number of aromatic nitrogens is 1. The number of carbonyl (C=O) groups excluding carboxylic acids is 1. The van der Waals surface area contributed by atoms with Crippen molar-refractivity contribution in [3.63, 3.8) is 0 Å². The first-order valence-electron chi connectivity index (χ1n) is 9.75. The number of hydrogen-bond acceptors (Lipinski definition) is 6. The van der Waals surface area contributed by atoms with Gasteiger partial charge < -0.3 is 23.8 Å². The van der Waals surface area contributed by atoms with E-state index < -0.39 is 0 Å². The second-order valence-corrected chi connectivity index (χ2v) is 6.99. The van der Waals surface area contributed by atoms with E-state index in [0.717, 1.165) is 23.1 Å². The van der Waals surface area contributed by atoms with Gasteiger partial charge in [-0.15, -0.1) is 0 Å². The zero-order valence-electron chi connectivity index (χ0n) is 17.3. The van der Waals surface area contributed by atoms with E-state index in [1.165, 1.54) is 14.2 Å². The van der Waals surface area contributed by atoms with Gasteiger partial charge >= 0.3 is 0 Å². The Morgan fingerprint density at radius 2 is 1.77 bits per heavy atom. The highest BCUT2D eigenvalue weighted by atomic mass is 16.5. The third kappa shape index (κ3) is 3.58. The number of rotatable bonds is 6. The summed E-state index contributed by atoms with van der Waals surface area (Å²) in [5.41, 5.74) is 1.26. The fourth-order valence-corrected chi connectivity index (χ4v) is 3.80. The summed E-state index contributed by atoms with van der Waals surface area (Å²) in [5, 5.41) is 1.02. The van der Waals surface area contributed by atoms with Gasteiger partial charge in [0.1, 0.15) is 17.4 Å². The lowest BCUT2D eigenvalue weighted by Gasteiger charge is -2.20. The summed E-state index contributed by atoms with van der Waals surface area (Å²) in [7, 11) is 4.58. The Hall–Kier alpha value is -3.48. The molecule has 0 saturated carbocycles. The van der Waals surface area contributed by atoms with Crippen LogP contribution < -0.4 is 18.9 Å². The fraction of sp³-hybridized carbons (Fsp3) is 0.304. The minimum Gasteiger partial charge on any atom is -0.493 e. The molecule has 1 aliphatic heterocycles. The molecule has 0 spiro atoms. The van der Waals surface area contributed by atoms with Crippen LogP contribution in [0.2, 0.25) is 0 Å². The van der Waals surface area contributed by atoms with Crippen LogP contribution in [0, 0.1) is 0 Å². The number of ether oxygens (including phenoxy) is 4. The number of amides is 1. The normalized spacial score (nSPS) is 15.8. The summed E-state index contributed by atoms with van der Waals surface area (Å²) < 4.78 is 22.4. The molecule has 0 bridgehead atoms. The Morgan fingerprint density at radius 3 is 2.53 bits per heavy atom. The summed E-state index contributed by atoms with van der Waals surface area (Å²) in [6, 6.07) is 13.2. The van der Waals surface area contributed by atoms with Crippen LogP contribution in [0.4, 0.5) is 0 Å². The number of pyridine rings is 1. The molecule has 1 amide bonds. The predicted octanol–water partition coefficient (Wildman–Crippen LogP) is 3.55. The smallest absolute Gasteiger partial charge is 0.257 e. The van der Waals surface area contributed by atoms with Gasteiger partial charge in [0.05, 0.1) is 33.4 Å². The first kappa shape index (κ1) is 19.8. The van der Waals surface area contributed by atoms with Crippen LogP contribution in [0.15, 0.2) is 48.7 Å². The third-order valence-electron chi connectivity index (χ3n) is 5.26. The average molecular weight is 408 g/mol. The zero-order chi connectivity index (χ0) is 21.1. The zero-order valence-corrected chi connectivity index (χ0v) is 17.3. The molecule has 7 heteroatoms. The molecule has 1 unspecified atom stereocenters. The highest BCUT2D eigenvalue weighted by molar-refractivity contribution is 5.98. The maximum absolute atomic E-state index is 13.2. The van der Waals surface area contributed by atoms with Crippen molar-refractivity contribution in [2.24, 2.45) is 0 Å². The van der Waals surface area contributed by atoms with Crippen LogP contribution in [0.3, 0.4) is 0 Å². The first-order valence-corrected chi connectivity index (χ1v) is 9.75. The van der Waals surface area contributed by atoms with E-state index in [0.29, 0.717) is 35.9 Å². The quantitative estimate of drug-likeness (QED) is 0.621. The van der Waals surface area contributed by atoms with Crippen LogP contribution >= 0.6 is 0 Å². The number of para-hydroxylation sites is 1. The van der Waals surface area contributed by atoms with E-state index in [1.807, 2.05) is 30.3 Å². The van der Waals surface area contributed by atoms with Crippen LogP contribution in [-0.2, 0) is 0 Å². The maximum atomic E-state index is 13.2. The van der Waals surface area contributed by atoms with Crippen LogP contribution in [0.25, 0.3) is 10.9 Å². The van der Waals surface area contributed by atoms with Crippen molar-refractivity contribution in [1.82, 2.24) is 9.88 Å². The second-order valence-electron chi connectivity index (χ2n) is 6.99. The molecular formula is C23H24N2O5. The molecule has 2 heterocycles. The van der Waals surface area contributed by atoms with E-state index in [9.17, 15) is 4.79 Å². The highest BCUT2D eigenvalue weighted by Gasteiger charge is 2.31. The van der Waals surface area contributed by atoms with E-state index in [4.69, 9.17) is 18.9 Å². The molecule has 0 radical (unpaired) electrons. The Labute approximate surface area is 175 Å². The van der Waals surface area contributed by atoms with Crippen LogP contribution in [0.5, 0.6) is 23.0 Å². The topological polar surface area (TPSA) is 70.1 Å². The van der Waals surface area contributed by atoms with Crippen LogP contribution in [-0.4, -0.2) is 56.3 Å². The summed E-state index contributed by atoms with van der Waals surface area (Å²) in [5.74, 6) is 1.88. The number of likely N-dealkylation sites (tertiary alicyclic amines) is 1. The van der Waals surface area contributed by atoms with E-state index in [1.54, 1.807) is 30.3 Å². The van der Waals surface area contributed by atoms with Crippen molar-refractivity contribution in [3.05, 3.63) is 54.2 Å². The Kier molecular flexibility index (Phi) is 5.61. The lowest BCUT2D eigenvalue weighted by atomic mass is 10.1. The first-order chi connectivity index (χ1) is 14.7. The summed E-state index contributed by atoms with van der Waals surface area (Å²) in [6.07, 6.45) is 2.39. The Balaban J connectivity index is 1.53. The summed E-state index contributed by atoms with van der Waals surface area (Å²) in [6.45, 7) is 1.08. The van der Waals surface area contributed by atoms with Crippen molar-refractivity contribution in [3.8, 4) is 23.0 Å². The van der Waals surface area contributed by atoms with Crippen LogP contribution in [0.1, 0.15) is 16.8 Å². The monoisotopic (exact) mass is 408 g/mol. The number of benzene rings is 2. The molecular weight excluding hydrogens is 384 g/mol. The van der Waals surface area contributed by atoms with Crippen molar-refractivity contribution in [2.75, 3.05) is 34.4 Å². The molecule has 1 aromatic heterocycles. The van der Waals surface area contributed by atoms with E-state index in [-0.39, 0.29) is 12.0 Å². The van der Waals surface area contributed by atoms with Gasteiger partial charge in [-0.25, -0.2) is 0 Å². The molecule has 1 atom stereocenters. The molecule has 1 saturated heterocycles. The van der Waals surface area contributed by atoms with Crippen molar-refractivity contribution < 1.29 is 23.7 Å². The molecule has 0 aliphatic carbocycles. The van der Waals surface area contributed by atoms with Crippen molar-refractivity contribution >= 4 is 16.8 Å². The number of fused-ring (bicyclic) bond motifs is 1.